The van der Waals surface area contributed by atoms with Gasteiger partial charge in [0.05, 0.1) is 13.7 Å². The SMILES string of the molecule is COc1ccc(SNCC(=O)O)cc1.Cc1ccc(OCCCON=C(N)N)cc1. The highest BCUT2D eigenvalue weighted by molar-refractivity contribution is 7.97. The molecule has 9 nitrogen and oxygen atoms in total. The molecule has 0 unspecified atom stereocenters. The van der Waals surface area contributed by atoms with Crippen molar-refractivity contribution in [3.63, 3.8) is 0 Å². The van der Waals surface area contributed by atoms with Gasteiger partial charge in [0.15, 0.2) is 0 Å². The number of carbonyl (C=O) groups is 1. The second-order valence-corrected chi connectivity index (χ2v) is 6.82. The number of ether oxygens (including phenoxy) is 2. The molecule has 0 saturated carbocycles. The zero-order valence-corrected chi connectivity index (χ0v) is 17.9. The number of oxime groups is 1. The average Bonchev–Trinajstić information content (AvgIpc) is 2.72. The van der Waals surface area contributed by atoms with E-state index in [0.29, 0.717) is 13.2 Å². The number of carboxylic acid groups (broad SMARTS) is 1. The van der Waals surface area contributed by atoms with Gasteiger partial charge in [-0.3, -0.25) is 4.79 Å². The first-order valence-corrected chi connectivity index (χ1v) is 9.88. The predicted octanol–water partition coefficient (Wildman–Crippen LogP) is 2.35. The average molecular weight is 437 g/mol. The number of carboxylic acids is 1. The van der Waals surface area contributed by atoms with E-state index in [-0.39, 0.29) is 12.5 Å². The molecule has 10 heteroatoms. The Morgan fingerprint density at radius 3 is 2.27 bits per heavy atom. The molecule has 0 aliphatic carbocycles. The third-order valence-electron chi connectivity index (χ3n) is 3.31. The number of hydrogen-bond acceptors (Lipinski definition) is 7. The fourth-order valence-corrected chi connectivity index (χ4v) is 2.53. The number of methoxy groups -OCH3 is 1. The van der Waals surface area contributed by atoms with E-state index in [1.807, 2.05) is 55.5 Å². The zero-order valence-electron chi connectivity index (χ0n) is 17.0. The Labute approximate surface area is 180 Å². The summed E-state index contributed by atoms with van der Waals surface area (Å²) in [6.07, 6.45) is 0.727. The van der Waals surface area contributed by atoms with Crippen molar-refractivity contribution in [3.05, 3.63) is 54.1 Å². The van der Waals surface area contributed by atoms with Crippen LogP contribution < -0.4 is 25.7 Å². The molecule has 0 saturated heterocycles. The monoisotopic (exact) mass is 436 g/mol. The smallest absolute Gasteiger partial charge is 0.318 e. The largest absolute Gasteiger partial charge is 0.497 e. The van der Waals surface area contributed by atoms with Crippen LogP contribution >= 0.6 is 11.9 Å². The number of hydrogen-bond donors (Lipinski definition) is 4. The molecule has 2 aromatic rings. The van der Waals surface area contributed by atoms with Crippen LogP contribution in [0.2, 0.25) is 0 Å². The zero-order chi connectivity index (χ0) is 22.2. The highest BCUT2D eigenvalue weighted by atomic mass is 32.2. The van der Waals surface area contributed by atoms with E-state index >= 15 is 0 Å². The van der Waals surface area contributed by atoms with Gasteiger partial charge in [-0.05, 0) is 60.4 Å². The van der Waals surface area contributed by atoms with E-state index < -0.39 is 5.97 Å². The first-order chi connectivity index (χ1) is 14.4. The normalized spacial score (nSPS) is 9.67. The van der Waals surface area contributed by atoms with Gasteiger partial charge in [0.1, 0.15) is 24.7 Å². The second kappa shape index (κ2) is 14.8. The number of aliphatic carboxylic acids is 1. The van der Waals surface area contributed by atoms with Gasteiger partial charge < -0.3 is 30.9 Å². The number of benzene rings is 2. The van der Waals surface area contributed by atoms with E-state index in [9.17, 15) is 4.79 Å². The van der Waals surface area contributed by atoms with Gasteiger partial charge in [0, 0.05) is 11.3 Å². The Morgan fingerprint density at radius 1 is 1.07 bits per heavy atom. The lowest BCUT2D eigenvalue weighted by Crippen LogP contribution is -2.23. The Bertz CT molecular complexity index is 766. The van der Waals surface area contributed by atoms with Gasteiger partial charge in [-0.15, -0.1) is 0 Å². The molecule has 2 aromatic carbocycles. The van der Waals surface area contributed by atoms with E-state index in [1.54, 1.807) is 7.11 Å². The summed E-state index contributed by atoms with van der Waals surface area (Å²) in [7, 11) is 1.60. The van der Waals surface area contributed by atoms with Crippen molar-refractivity contribution < 1.29 is 24.2 Å². The highest BCUT2D eigenvalue weighted by Crippen LogP contribution is 2.18. The van der Waals surface area contributed by atoms with Crippen molar-refractivity contribution in [3.8, 4) is 11.5 Å². The molecule has 0 atom stereocenters. The van der Waals surface area contributed by atoms with Gasteiger partial charge >= 0.3 is 5.97 Å². The summed E-state index contributed by atoms with van der Waals surface area (Å²) < 4.78 is 13.2. The molecule has 0 spiro atoms. The summed E-state index contributed by atoms with van der Waals surface area (Å²) in [5, 5.41) is 11.8. The van der Waals surface area contributed by atoms with Crippen LogP contribution in [0.4, 0.5) is 0 Å². The molecule has 0 aromatic heterocycles. The Balaban J connectivity index is 0.000000303. The Hall–Kier alpha value is -3.11. The molecule has 2 rings (SSSR count). The first kappa shape index (κ1) is 24.9. The van der Waals surface area contributed by atoms with E-state index in [1.165, 1.54) is 17.5 Å². The molecular weight excluding hydrogens is 408 g/mol. The highest BCUT2D eigenvalue weighted by Gasteiger charge is 1.98. The van der Waals surface area contributed by atoms with Crippen LogP contribution in [0, 0.1) is 6.92 Å². The van der Waals surface area contributed by atoms with Gasteiger partial charge in [0.25, 0.3) is 0 Å². The quantitative estimate of drug-likeness (QED) is 0.137. The van der Waals surface area contributed by atoms with Gasteiger partial charge in [-0.2, -0.15) is 0 Å². The number of aryl methyl sites for hydroxylation is 1. The third-order valence-corrected chi connectivity index (χ3v) is 4.11. The lowest BCUT2D eigenvalue weighted by atomic mass is 10.2. The molecule has 0 heterocycles. The molecule has 0 bridgehead atoms. The fourth-order valence-electron chi connectivity index (χ4n) is 1.89. The molecule has 30 heavy (non-hydrogen) atoms. The summed E-state index contributed by atoms with van der Waals surface area (Å²) >= 11 is 1.28. The van der Waals surface area contributed by atoms with Crippen molar-refractivity contribution >= 4 is 23.9 Å². The first-order valence-electron chi connectivity index (χ1n) is 9.06. The maximum Gasteiger partial charge on any atom is 0.318 e. The summed E-state index contributed by atoms with van der Waals surface area (Å²) in [6, 6.07) is 15.3. The fraction of sp³-hybridized carbons (Fsp3) is 0.300. The molecule has 164 valence electrons. The summed E-state index contributed by atoms with van der Waals surface area (Å²) in [5.74, 6) is 0.700. The van der Waals surface area contributed by atoms with Crippen molar-refractivity contribution in [2.45, 2.75) is 18.2 Å². The van der Waals surface area contributed by atoms with Crippen LogP contribution in [0.15, 0.2) is 58.6 Å². The van der Waals surface area contributed by atoms with Crippen LogP contribution in [-0.4, -0.2) is 43.9 Å². The lowest BCUT2D eigenvalue weighted by Gasteiger charge is -2.05. The maximum atomic E-state index is 10.2. The Morgan fingerprint density at radius 2 is 1.70 bits per heavy atom. The van der Waals surface area contributed by atoms with Crippen LogP contribution in [-0.2, 0) is 9.63 Å². The van der Waals surface area contributed by atoms with Crippen molar-refractivity contribution in [1.82, 2.24) is 4.72 Å². The number of nitrogens with zero attached hydrogens (tertiary/aromatic N) is 1. The minimum Gasteiger partial charge on any atom is -0.497 e. The molecule has 6 N–H and O–H groups in total. The predicted molar refractivity (Wildman–Crippen MR) is 118 cm³/mol. The lowest BCUT2D eigenvalue weighted by molar-refractivity contribution is -0.135. The van der Waals surface area contributed by atoms with Crippen LogP contribution in [0.5, 0.6) is 11.5 Å². The van der Waals surface area contributed by atoms with E-state index in [2.05, 4.69) is 9.88 Å². The third kappa shape index (κ3) is 12.4. The van der Waals surface area contributed by atoms with E-state index in [4.69, 9.17) is 30.9 Å². The van der Waals surface area contributed by atoms with Crippen molar-refractivity contribution in [2.75, 3.05) is 26.9 Å². The molecule has 0 radical (unpaired) electrons. The number of rotatable bonds is 11. The van der Waals surface area contributed by atoms with Crippen LogP contribution in [0.1, 0.15) is 12.0 Å². The van der Waals surface area contributed by atoms with Gasteiger partial charge in [-0.1, -0.05) is 17.7 Å². The molecular formula is C20H28N4O5S. The molecule has 0 aliphatic rings. The minimum absolute atomic E-state index is 0.0588. The number of nitrogens with one attached hydrogen (secondary N) is 1. The van der Waals surface area contributed by atoms with Crippen LogP contribution in [0.3, 0.4) is 0 Å². The summed E-state index contributed by atoms with van der Waals surface area (Å²) in [5.41, 5.74) is 11.4. The Kier molecular flexibility index (Phi) is 12.3. The van der Waals surface area contributed by atoms with Crippen LogP contribution in [0.25, 0.3) is 0 Å². The molecule has 0 fully saturated rings. The van der Waals surface area contributed by atoms with Gasteiger partial charge in [0.2, 0.25) is 5.96 Å². The standard InChI is InChI=1S/C11H17N3O2.C9H11NO3S/c1-9-3-5-10(6-4-9)15-7-2-8-16-14-11(12)13;1-13-7-2-4-8(5-3-7)14-10-6-9(11)12/h3-6H,2,7-8H2,1H3,(H4,12,13,14);2-5,10H,6H2,1H3,(H,11,12). The summed E-state index contributed by atoms with van der Waals surface area (Å²) in [6.45, 7) is 2.98. The topological polar surface area (TPSA) is 141 Å². The second-order valence-electron chi connectivity index (χ2n) is 5.86. The number of guanidine groups is 1. The van der Waals surface area contributed by atoms with Crippen molar-refractivity contribution in [2.24, 2.45) is 16.6 Å². The van der Waals surface area contributed by atoms with Crippen molar-refractivity contribution in [1.29, 1.82) is 0 Å². The number of nitrogens with two attached hydrogens (primary N) is 2. The maximum absolute atomic E-state index is 10.2. The van der Waals surface area contributed by atoms with E-state index in [0.717, 1.165) is 22.8 Å². The molecule has 0 aliphatic heterocycles. The molecule has 0 amide bonds. The summed E-state index contributed by atoms with van der Waals surface area (Å²) in [4.78, 5) is 16.0. The van der Waals surface area contributed by atoms with Gasteiger partial charge in [-0.25, -0.2) is 4.72 Å². The minimum atomic E-state index is -0.869.